The number of hydrogen-bond donors (Lipinski definition) is 2. The summed E-state index contributed by atoms with van der Waals surface area (Å²) >= 11 is 11.8. The van der Waals surface area contributed by atoms with Crippen LogP contribution in [0.5, 0.6) is 11.5 Å². The van der Waals surface area contributed by atoms with E-state index in [0.29, 0.717) is 23.0 Å². The Bertz CT molecular complexity index is 668. The number of aliphatic hydroxyl groups excluding tert-OH is 1. The van der Waals surface area contributed by atoms with Gasteiger partial charge in [-0.05, 0) is 43.4 Å². The van der Waals surface area contributed by atoms with Crippen LogP contribution in [0.2, 0.25) is 0 Å². The number of benzene rings is 1. The van der Waals surface area contributed by atoms with Crippen LogP contribution in [0.25, 0.3) is 0 Å². The molecule has 2 unspecified atom stereocenters. The van der Waals surface area contributed by atoms with Gasteiger partial charge in [-0.3, -0.25) is 0 Å². The Balaban J connectivity index is 1.27. The Morgan fingerprint density at radius 1 is 0.970 bits per heavy atom. The average molecular weight is 569 g/mol. The van der Waals surface area contributed by atoms with Crippen molar-refractivity contribution in [3.8, 4) is 11.5 Å². The molecule has 0 amide bonds. The Morgan fingerprint density at radius 2 is 1.55 bits per heavy atom. The molecule has 0 aliphatic carbocycles. The minimum absolute atomic E-state index is 0.243. The first kappa shape index (κ1) is 28.4. The highest BCUT2D eigenvalue weighted by atomic mass is 32.2. The largest absolute Gasteiger partial charge is 0.491 e. The lowest BCUT2D eigenvalue weighted by molar-refractivity contribution is 0.0327. The molecule has 4 nitrogen and oxygen atoms in total. The van der Waals surface area contributed by atoms with E-state index in [-0.39, 0.29) is 13.2 Å². The lowest BCUT2D eigenvalue weighted by Crippen LogP contribution is -2.35. The molecule has 1 aromatic carbocycles. The summed E-state index contributed by atoms with van der Waals surface area (Å²) < 4.78 is 13.1. The zero-order valence-electron chi connectivity index (χ0n) is 19.2. The van der Waals surface area contributed by atoms with E-state index in [4.69, 9.17) is 9.47 Å². The van der Waals surface area contributed by atoms with E-state index in [2.05, 4.69) is 47.0 Å². The van der Waals surface area contributed by atoms with E-state index in [1.54, 1.807) is 23.5 Å². The highest BCUT2D eigenvalue weighted by Crippen LogP contribution is 2.36. The molecule has 188 valence electrons. The maximum absolute atomic E-state index is 10.7. The van der Waals surface area contributed by atoms with Gasteiger partial charge in [-0.1, -0.05) is 6.07 Å². The van der Waals surface area contributed by atoms with Gasteiger partial charge < -0.3 is 19.7 Å². The second kappa shape index (κ2) is 15.8. The minimum atomic E-state index is -0.875. The molecule has 0 radical (unpaired) electrons. The Labute approximate surface area is 224 Å². The summed E-state index contributed by atoms with van der Waals surface area (Å²) in [5, 5.41) is 20.9. The van der Waals surface area contributed by atoms with E-state index < -0.39 is 11.7 Å². The molecule has 0 saturated carbocycles. The molecule has 2 atom stereocenters. The van der Waals surface area contributed by atoms with Crippen molar-refractivity contribution in [1.82, 2.24) is 0 Å². The molecule has 3 rings (SSSR count). The standard InChI is InChI=1S/C23H36O4S6/c1-23(25,17-29-8-6-22-32-11-12-33-22)16-27-20-4-2-3-19(13-20)26-14-18(24)15-28-7-5-21-30-9-10-31-21/h2-4,13,18,21-22,24-25H,5-12,14-17H2,1H3. The van der Waals surface area contributed by atoms with Crippen LogP contribution >= 0.6 is 70.6 Å². The minimum Gasteiger partial charge on any atom is -0.491 e. The van der Waals surface area contributed by atoms with Crippen LogP contribution in [0.1, 0.15) is 19.8 Å². The van der Waals surface area contributed by atoms with Crippen molar-refractivity contribution in [2.75, 3.05) is 59.2 Å². The van der Waals surface area contributed by atoms with Crippen molar-refractivity contribution < 1.29 is 19.7 Å². The summed E-state index contributed by atoms with van der Waals surface area (Å²) in [4.78, 5) is 0. The fourth-order valence-corrected chi connectivity index (χ4v) is 11.5. The van der Waals surface area contributed by atoms with Crippen molar-refractivity contribution >= 4 is 70.6 Å². The molecule has 33 heavy (non-hydrogen) atoms. The average Bonchev–Trinajstić information content (AvgIpc) is 3.52. The first-order valence-electron chi connectivity index (χ1n) is 11.4. The van der Waals surface area contributed by atoms with Crippen molar-refractivity contribution in [2.45, 2.75) is 40.6 Å². The Hall–Kier alpha value is 0.840. The maximum atomic E-state index is 10.7. The van der Waals surface area contributed by atoms with E-state index in [9.17, 15) is 10.2 Å². The molecule has 2 fully saturated rings. The van der Waals surface area contributed by atoms with Crippen LogP contribution in [-0.4, -0.2) is 90.3 Å². The molecule has 2 saturated heterocycles. The molecule has 2 aliphatic heterocycles. The molecule has 0 bridgehead atoms. The lowest BCUT2D eigenvalue weighted by Gasteiger charge is -2.23. The molecular formula is C23H36O4S6. The third kappa shape index (κ3) is 12.1. The van der Waals surface area contributed by atoms with Crippen molar-refractivity contribution in [3.05, 3.63) is 24.3 Å². The summed E-state index contributed by atoms with van der Waals surface area (Å²) in [6.07, 6.45) is 1.91. The van der Waals surface area contributed by atoms with Gasteiger partial charge in [0.25, 0.3) is 0 Å². The zero-order valence-corrected chi connectivity index (χ0v) is 24.1. The van der Waals surface area contributed by atoms with Crippen LogP contribution in [0.3, 0.4) is 0 Å². The zero-order chi connectivity index (χ0) is 23.4. The van der Waals surface area contributed by atoms with Crippen LogP contribution < -0.4 is 9.47 Å². The molecule has 0 spiro atoms. The van der Waals surface area contributed by atoms with E-state index in [0.717, 1.165) is 20.7 Å². The van der Waals surface area contributed by atoms with Crippen LogP contribution in [-0.2, 0) is 0 Å². The highest BCUT2D eigenvalue weighted by molar-refractivity contribution is 8.20. The maximum Gasteiger partial charge on any atom is 0.123 e. The molecule has 10 heteroatoms. The number of rotatable bonds is 16. The first-order chi connectivity index (χ1) is 16.0. The topological polar surface area (TPSA) is 58.9 Å². The summed E-state index contributed by atoms with van der Waals surface area (Å²) in [7, 11) is 0. The van der Waals surface area contributed by atoms with Crippen LogP contribution in [0.4, 0.5) is 0 Å². The quantitative estimate of drug-likeness (QED) is 0.253. The summed E-state index contributed by atoms with van der Waals surface area (Å²) in [5.74, 6) is 9.94. The van der Waals surface area contributed by atoms with Gasteiger partial charge in [0.05, 0.1) is 15.3 Å². The predicted octanol–water partition coefficient (Wildman–Crippen LogP) is 5.41. The molecule has 1 aromatic rings. The Morgan fingerprint density at radius 3 is 2.18 bits per heavy atom. The first-order valence-corrected chi connectivity index (χ1v) is 17.9. The van der Waals surface area contributed by atoms with E-state index >= 15 is 0 Å². The number of ether oxygens (including phenoxy) is 2. The highest BCUT2D eigenvalue weighted by Gasteiger charge is 2.23. The van der Waals surface area contributed by atoms with Crippen molar-refractivity contribution in [1.29, 1.82) is 0 Å². The second-order valence-electron chi connectivity index (χ2n) is 8.27. The molecular weight excluding hydrogens is 533 g/mol. The van der Waals surface area contributed by atoms with Gasteiger partial charge in [-0.15, -0.1) is 47.0 Å². The van der Waals surface area contributed by atoms with Gasteiger partial charge in [-0.25, -0.2) is 0 Å². The SMILES string of the molecule is CC(O)(COc1cccc(OCC(O)CSCCC2SCCS2)c1)CSCCC1SCCS1. The van der Waals surface area contributed by atoms with Gasteiger partial charge in [0, 0.05) is 40.6 Å². The summed E-state index contributed by atoms with van der Waals surface area (Å²) in [5.41, 5.74) is -0.875. The van der Waals surface area contributed by atoms with Gasteiger partial charge >= 0.3 is 0 Å². The van der Waals surface area contributed by atoms with Gasteiger partial charge in [-0.2, -0.15) is 23.5 Å². The van der Waals surface area contributed by atoms with Gasteiger partial charge in [0.1, 0.15) is 30.3 Å². The van der Waals surface area contributed by atoms with E-state index in [1.807, 2.05) is 31.2 Å². The fourth-order valence-electron chi connectivity index (χ4n) is 3.19. The molecule has 2 heterocycles. The number of thioether (sulfide) groups is 6. The lowest BCUT2D eigenvalue weighted by atomic mass is 10.1. The van der Waals surface area contributed by atoms with E-state index in [1.165, 1.54) is 35.9 Å². The van der Waals surface area contributed by atoms with Crippen molar-refractivity contribution in [3.63, 3.8) is 0 Å². The summed E-state index contributed by atoms with van der Waals surface area (Å²) in [6.45, 7) is 2.35. The molecule has 2 aliphatic rings. The normalized spacial score (nSPS) is 20.1. The van der Waals surface area contributed by atoms with Crippen LogP contribution in [0.15, 0.2) is 24.3 Å². The smallest absolute Gasteiger partial charge is 0.123 e. The van der Waals surface area contributed by atoms with Crippen LogP contribution in [0, 0.1) is 0 Å². The third-order valence-corrected chi connectivity index (χ3v) is 13.7. The monoisotopic (exact) mass is 568 g/mol. The predicted molar refractivity (Wildman–Crippen MR) is 155 cm³/mol. The molecule has 2 N–H and O–H groups in total. The van der Waals surface area contributed by atoms with Gasteiger partial charge in [0.2, 0.25) is 0 Å². The van der Waals surface area contributed by atoms with Gasteiger partial charge in [0.15, 0.2) is 0 Å². The third-order valence-electron chi connectivity index (χ3n) is 4.90. The summed E-state index contributed by atoms with van der Waals surface area (Å²) in [6, 6.07) is 7.44. The Kier molecular flexibility index (Phi) is 13.6. The number of aliphatic hydroxyl groups is 2. The number of hydrogen-bond acceptors (Lipinski definition) is 10. The van der Waals surface area contributed by atoms with Crippen molar-refractivity contribution in [2.24, 2.45) is 0 Å². The molecule has 0 aromatic heterocycles. The fraction of sp³-hybridized carbons (Fsp3) is 0.739. The second-order valence-corrected chi connectivity index (χ2v) is 16.4.